The SMILES string of the molecule is c1ccc([Si](c2ccccc2)(c2ccccc2)c2ccnc(-c3ccnc(-n4c5ccccc5c5c6ccccc6ccc54)n3)c2)cc1. The zero-order valence-corrected chi connectivity index (χ0v) is 27.1. The number of hydrogen-bond donors (Lipinski definition) is 0. The normalized spacial score (nSPS) is 11.8. The summed E-state index contributed by atoms with van der Waals surface area (Å²) in [6, 6.07) is 60.7. The van der Waals surface area contributed by atoms with E-state index >= 15 is 0 Å². The summed E-state index contributed by atoms with van der Waals surface area (Å²) in [5, 5.41) is 10.0. The molecule has 48 heavy (non-hydrogen) atoms. The molecule has 9 aromatic rings. The smallest absolute Gasteiger partial charge is 0.235 e. The van der Waals surface area contributed by atoms with E-state index in [1.54, 1.807) is 0 Å². The Morgan fingerprint density at radius 2 is 1.00 bits per heavy atom. The number of rotatable bonds is 6. The lowest BCUT2D eigenvalue weighted by Gasteiger charge is -2.34. The molecule has 0 saturated heterocycles. The molecule has 0 amide bonds. The highest BCUT2D eigenvalue weighted by molar-refractivity contribution is 7.19. The highest BCUT2D eigenvalue weighted by Crippen LogP contribution is 2.36. The Bertz CT molecular complexity index is 2470. The van der Waals surface area contributed by atoms with Crippen LogP contribution in [0.2, 0.25) is 0 Å². The van der Waals surface area contributed by atoms with Crippen molar-refractivity contribution >= 4 is 61.4 Å². The average molecular weight is 631 g/mol. The van der Waals surface area contributed by atoms with Gasteiger partial charge in [-0.1, -0.05) is 140 Å². The van der Waals surface area contributed by atoms with E-state index in [0.717, 1.165) is 22.4 Å². The van der Waals surface area contributed by atoms with Crippen LogP contribution in [0.4, 0.5) is 0 Å². The molecule has 3 aromatic heterocycles. The van der Waals surface area contributed by atoms with Gasteiger partial charge in [-0.2, -0.15) is 0 Å². The molecule has 0 bridgehead atoms. The van der Waals surface area contributed by atoms with Crippen molar-refractivity contribution in [1.29, 1.82) is 0 Å². The predicted molar refractivity (Wildman–Crippen MR) is 201 cm³/mol. The van der Waals surface area contributed by atoms with Gasteiger partial charge in [0.25, 0.3) is 0 Å². The molecule has 0 aliphatic heterocycles. The molecule has 4 nitrogen and oxygen atoms in total. The maximum atomic E-state index is 5.21. The van der Waals surface area contributed by atoms with E-state index in [2.05, 4.69) is 168 Å². The van der Waals surface area contributed by atoms with Gasteiger partial charge in [0, 0.05) is 23.2 Å². The molecule has 0 spiro atoms. The van der Waals surface area contributed by atoms with Crippen LogP contribution in [0.5, 0.6) is 0 Å². The van der Waals surface area contributed by atoms with Gasteiger partial charge in [-0.25, -0.2) is 9.97 Å². The largest absolute Gasteiger partial charge is 0.278 e. The van der Waals surface area contributed by atoms with E-state index in [0.29, 0.717) is 5.95 Å². The van der Waals surface area contributed by atoms with Gasteiger partial charge in [0.15, 0.2) is 8.07 Å². The summed E-state index contributed by atoms with van der Waals surface area (Å²) < 4.78 is 2.18. The Kier molecular flexibility index (Phi) is 6.77. The van der Waals surface area contributed by atoms with Gasteiger partial charge < -0.3 is 0 Å². The molecular formula is C43H30N4Si. The van der Waals surface area contributed by atoms with Crippen molar-refractivity contribution in [3.63, 3.8) is 0 Å². The molecule has 0 aliphatic carbocycles. The van der Waals surface area contributed by atoms with Crippen molar-refractivity contribution in [2.24, 2.45) is 0 Å². The maximum Gasteiger partial charge on any atom is 0.235 e. The average Bonchev–Trinajstić information content (AvgIpc) is 3.52. The van der Waals surface area contributed by atoms with Crippen LogP contribution in [0.25, 0.3) is 49.9 Å². The fraction of sp³-hybridized carbons (Fsp3) is 0. The van der Waals surface area contributed by atoms with Crippen molar-refractivity contribution in [2.75, 3.05) is 0 Å². The Hall–Kier alpha value is -6.17. The number of benzene rings is 6. The topological polar surface area (TPSA) is 43.6 Å². The van der Waals surface area contributed by atoms with Crippen LogP contribution in [-0.4, -0.2) is 27.6 Å². The molecule has 0 fully saturated rings. The first kappa shape index (κ1) is 28.1. The summed E-state index contributed by atoms with van der Waals surface area (Å²) in [6.07, 6.45) is 3.79. The third kappa shape index (κ3) is 4.40. The third-order valence-corrected chi connectivity index (χ3v) is 14.3. The van der Waals surface area contributed by atoms with Crippen molar-refractivity contribution in [3.05, 3.63) is 182 Å². The van der Waals surface area contributed by atoms with Gasteiger partial charge in [0.2, 0.25) is 5.95 Å². The third-order valence-electron chi connectivity index (χ3n) is 9.48. The Morgan fingerprint density at radius 3 is 1.69 bits per heavy atom. The number of para-hydroxylation sites is 1. The first-order valence-electron chi connectivity index (χ1n) is 16.2. The van der Waals surface area contributed by atoms with Gasteiger partial charge >= 0.3 is 0 Å². The van der Waals surface area contributed by atoms with E-state index in [-0.39, 0.29) is 0 Å². The van der Waals surface area contributed by atoms with Crippen LogP contribution in [-0.2, 0) is 0 Å². The molecule has 0 unspecified atom stereocenters. The van der Waals surface area contributed by atoms with Crippen molar-refractivity contribution < 1.29 is 0 Å². The minimum atomic E-state index is -2.72. The lowest BCUT2D eigenvalue weighted by atomic mass is 10.0. The molecule has 3 heterocycles. The summed E-state index contributed by atoms with van der Waals surface area (Å²) in [5.74, 6) is 0.624. The van der Waals surface area contributed by atoms with Crippen LogP contribution in [0.1, 0.15) is 0 Å². The number of nitrogens with zero attached hydrogens (tertiary/aromatic N) is 4. The molecular weight excluding hydrogens is 601 g/mol. The Balaban J connectivity index is 1.26. The predicted octanol–water partition coefficient (Wildman–Crippen LogP) is 7.17. The van der Waals surface area contributed by atoms with Crippen molar-refractivity contribution in [3.8, 4) is 17.3 Å². The van der Waals surface area contributed by atoms with Crippen LogP contribution < -0.4 is 20.7 Å². The van der Waals surface area contributed by atoms with E-state index in [9.17, 15) is 0 Å². The van der Waals surface area contributed by atoms with Gasteiger partial charge in [0.05, 0.1) is 22.4 Å². The zero-order chi connectivity index (χ0) is 31.9. The molecule has 0 radical (unpaired) electrons. The highest BCUT2D eigenvalue weighted by Gasteiger charge is 2.41. The number of aromatic nitrogens is 4. The summed E-state index contributed by atoms with van der Waals surface area (Å²) in [4.78, 5) is 15.0. The number of fused-ring (bicyclic) bond motifs is 5. The molecule has 0 saturated carbocycles. The first-order chi connectivity index (χ1) is 23.8. The van der Waals surface area contributed by atoms with Crippen molar-refractivity contribution in [2.45, 2.75) is 0 Å². The van der Waals surface area contributed by atoms with Crippen LogP contribution in [0.15, 0.2) is 182 Å². The molecule has 5 heteroatoms. The van der Waals surface area contributed by atoms with Crippen LogP contribution in [0.3, 0.4) is 0 Å². The van der Waals surface area contributed by atoms with Crippen LogP contribution >= 0.6 is 0 Å². The molecule has 0 atom stereocenters. The lowest BCUT2D eigenvalue weighted by molar-refractivity contribution is 0.989. The maximum absolute atomic E-state index is 5.21. The number of pyridine rings is 1. The zero-order valence-electron chi connectivity index (χ0n) is 26.1. The number of hydrogen-bond acceptors (Lipinski definition) is 3. The molecule has 0 N–H and O–H groups in total. The Labute approximate surface area is 279 Å². The lowest BCUT2D eigenvalue weighted by Crippen LogP contribution is -2.74. The summed E-state index contributed by atoms with van der Waals surface area (Å²) in [5.41, 5.74) is 3.76. The summed E-state index contributed by atoms with van der Waals surface area (Å²) in [6.45, 7) is 0. The highest BCUT2D eigenvalue weighted by atomic mass is 28.3. The minimum absolute atomic E-state index is 0.624. The molecule has 0 aliphatic rings. The summed E-state index contributed by atoms with van der Waals surface area (Å²) in [7, 11) is -2.72. The van der Waals surface area contributed by atoms with Gasteiger partial charge in [0.1, 0.15) is 0 Å². The minimum Gasteiger partial charge on any atom is -0.278 e. The van der Waals surface area contributed by atoms with Gasteiger partial charge in [-0.05, 0) is 61.9 Å². The summed E-state index contributed by atoms with van der Waals surface area (Å²) >= 11 is 0. The van der Waals surface area contributed by atoms with E-state index in [4.69, 9.17) is 15.0 Å². The first-order valence-corrected chi connectivity index (χ1v) is 18.2. The van der Waals surface area contributed by atoms with Gasteiger partial charge in [-0.3, -0.25) is 9.55 Å². The second kappa shape index (κ2) is 11.6. The van der Waals surface area contributed by atoms with Crippen molar-refractivity contribution in [1.82, 2.24) is 19.5 Å². The molecule has 9 rings (SSSR count). The van der Waals surface area contributed by atoms with Gasteiger partial charge in [-0.15, -0.1) is 0 Å². The fourth-order valence-electron chi connectivity index (χ4n) is 7.42. The Morgan fingerprint density at radius 1 is 0.417 bits per heavy atom. The van der Waals surface area contributed by atoms with E-state index in [1.807, 2.05) is 18.5 Å². The molecule has 6 aromatic carbocycles. The standard InChI is InChI=1S/C43H30N4Si/c1-4-15-32(16-5-1)48(33-17-6-2-7-18-33,34-19-8-3-9-20-34)35-26-28-44-39(30-35)38-27-29-45-43(46-38)47-40-23-13-12-22-37(40)42-36-21-11-10-14-31(36)24-25-41(42)47/h1-30H. The monoisotopic (exact) mass is 630 g/mol. The van der Waals surface area contributed by atoms with E-state index < -0.39 is 8.07 Å². The quantitative estimate of drug-likeness (QED) is 0.145. The van der Waals surface area contributed by atoms with Crippen LogP contribution in [0, 0.1) is 0 Å². The van der Waals surface area contributed by atoms with E-state index in [1.165, 1.54) is 42.3 Å². The second-order valence-electron chi connectivity index (χ2n) is 12.1. The second-order valence-corrected chi connectivity index (χ2v) is 15.9. The molecule has 226 valence electrons. The fourth-order valence-corrected chi connectivity index (χ4v) is 12.2.